The SMILES string of the molecule is C[C@@H](NC(=O)c1ccsc1)c1ccc2c(c1)CCC(=O)N2. The normalized spacial score (nSPS) is 15.0. The Morgan fingerprint density at radius 3 is 2.95 bits per heavy atom. The van der Waals surface area contributed by atoms with E-state index < -0.39 is 0 Å². The van der Waals surface area contributed by atoms with Crippen LogP contribution in [-0.4, -0.2) is 11.8 Å². The van der Waals surface area contributed by atoms with E-state index in [9.17, 15) is 9.59 Å². The Balaban J connectivity index is 1.74. The van der Waals surface area contributed by atoms with Gasteiger partial charge in [-0.05, 0) is 42.0 Å². The first-order valence-electron chi connectivity index (χ1n) is 6.89. The van der Waals surface area contributed by atoms with E-state index in [-0.39, 0.29) is 17.9 Å². The highest BCUT2D eigenvalue weighted by atomic mass is 32.1. The third kappa shape index (κ3) is 2.97. The van der Waals surface area contributed by atoms with E-state index in [0.29, 0.717) is 12.0 Å². The highest BCUT2D eigenvalue weighted by molar-refractivity contribution is 7.08. The number of benzene rings is 1. The molecule has 0 saturated carbocycles. The molecule has 0 bridgehead atoms. The van der Waals surface area contributed by atoms with Gasteiger partial charge in [-0.3, -0.25) is 9.59 Å². The van der Waals surface area contributed by atoms with Gasteiger partial charge in [0.1, 0.15) is 0 Å². The number of nitrogens with one attached hydrogen (secondary N) is 2. The lowest BCUT2D eigenvalue weighted by Crippen LogP contribution is -2.26. The Labute approximate surface area is 127 Å². The van der Waals surface area contributed by atoms with E-state index in [0.717, 1.165) is 23.2 Å². The summed E-state index contributed by atoms with van der Waals surface area (Å²) >= 11 is 1.51. The summed E-state index contributed by atoms with van der Waals surface area (Å²) in [6.07, 6.45) is 1.27. The Morgan fingerprint density at radius 1 is 1.33 bits per heavy atom. The number of carbonyl (C=O) groups excluding carboxylic acids is 2. The molecule has 0 radical (unpaired) electrons. The molecule has 0 unspecified atom stereocenters. The lowest BCUT2D eigenvalue weighted by atomic mass is 9.97. The van der Waals surface area contributed by atoms with E-state index in [1.54, 1.807) is 0 Å². The molecule has 1 aliphatic heterocycles. The second-order valence-corrected chi connectivity index (χ2v) is 5.95. The van der Waals surface area contributed by atoms with Crippen LogP contribution in [0, 0.1) is 0 Å². The molecule has 0 spiro atoms. The molecule has 108 valence electrons. The summed E-state index contributed by atoms with van der Waals surface area (Å²) < 4.78 is 0. The van der Waals surface area contributed by atoms with Gasteiger partial charge in [-0.2, -0.15) is 11.3 Å². The van der Waals surface area contributed by atoms with Crippen LogP contribution in [-0.2, 0) is 11.2 Å². The molecule has 5 heteroatoms. The predicted molar refractivity (Wildman–Crippen MR) is 83.6 cm³/mol. The summed E-state index contributed by atoms with van der Waals surface area (Å²) in [5.74, 6) is 0.00355. The standard InChI is InChI=1S/C16H16N2O2S/c1-10(17-16(20)13-6-7-21-9-13)11-2-4-14-12(8-11)3-5-15(19)18-14/h2,4,6-10H,3,5H2,1H3,(H,17,20)(H,18,19)/t10-/m1/s1. The maximum Gasteiger partial charge on any atom is 0.252 e. The van der Waals surface area contributed by atoms with Crippen molar-refractivity contribution in [2.75, 3.05) is 5.32 Å². The van der Waals surface area contributed by atoms with Crippen LogP contribution in [0.1, 0.15) is 40.9 Å². The van der Waals surface area contributed by atoms with Crippen LogP contribution in [0.3, 0.4) is 0 Å². The molecule has 2 aromatic rings. The van der Waals surface area contributed by atoms with E-state index in [1.807, 2.05) is 35.9 Å². The molecular formula is C16H16N2O2S. The van der Waals surface area contributed by atoms with E-state index >= 15 is 0 Å². The Morgan fingerprint density at radius 2 is 2.19 bits per heavy atom. The summed E-state index contributed by atoms with van der Waals surface area (Å²) in [6.45, 7) is 1.97. The van der Waals surface area contributed by atoms with Crippen LogP contribution >= 0.6 is 11.3 Å². The molecule has 1 aromatic heterocycles. The summed E-state index contributed by atoms with van der Waals surface area (Å²) in [7, 11) is 0. The number of hydrogen-bond acceptors (Lipinski definition) is 3. The fourth-order valence-corrected chi connectivity index (χ4v) is 3.07. The number of anilines is 1. The first kappa shape index (κ1) is 13.8. The summed E-state index contributed by atoms with van der Waals surface area (Å²) in [6, 6.07) is 7.67. The lowest BCUT2D eigenvalue weighted by Gasteiger charge is -2.20. The van der Waals surface area contributed by atoms with Crippen LogP contribution in [0.15, 0.2) is 35.0 Å². The minimum Gasteiger partial charge on any atom is -0.345 e. The van der Waals surface area contributed by atoms with Crippen LogP contribution in [0.2, 0.25) is 0 Å². The number of aryl methyl sites for hydroxylation is 1. The lowest BCUT2D eigenvalue weighted by molar-refractivity contribution is -0.116. The van der Waals surface area contributed by atoms with Crippen molar-refractivity contribution in [1.82, 2.24) is 5.32 Å². The number of thiophene rings is 1. The molecule has 1 aromatic carbocycles. The Hall–Kier alpha value is -2.14. The number of rotatable bonds is 3. The van der Waals surface area contributed by atoms with Gasteiger partial charge >= 0.3 is 0 Å². The van der Waals surface area contributed by atoms with Crippen molar-refractivity contribution in [3.05, 3.63) is 51.7 Å². The van der Waals surface area contributed by atoms with Gasteiger partial charge in [0.2, 0.25) is 5.91 Å². The highest BCUT2D eigenvalue weighted by Gasteiger charge is 2.17. The zero-order valence-electron chi connectivity index (χ0n) is 11.7. The van der Waals surface area contributed by atoms with Gasteiger partial charge < -0.3 is 10.6 Å². The van der Waals surface area contributed by atoms with Gasteiger partial charge in [-0.1, -0.05) is 12.1 Å². The van der Waals surface area contributed by atoms with Crippen molar-refractivity contribution in [1.29, 1.82) is 0 Å². The maximum absolute atomic E-state index is 12.1. The van der Waals surface area contributed by atoms with Crippen molar-refractivity contribution < 1.29 is 9.59 Å². The third-order valence-electron chi connectivity index (χ3n) is 3.66. The summed E-state index contributed by atoms with van der Waals surface area (Å²) in [4.78, 5) is 23.4. The van der Waals surface area contributed by atoms with Crippen molar-refractivity contribution in [3.63, 3.8) is 0 Å². The van der Waals surface area contributed by atoms with E-state index in [4.69, 9.17) is 0 Å². The van der Waals surface area contributed by atoms with E-state index in [1.165, 1.54) is 11.3 Å². The summed E-state index contributed by atoms with van der Waals surface area (Å²) in [5, 5.41) is 9.59. The topological polar surface area (TPSA) is 58.2 Å². The van der Waals surface area contributed by atoms with Gasteiger partial charge in [0.05, 0.1) is 11.6 Å². The average Bonchev–Trinajstić information content (AvgIpc) is 3.01. The average molecular weight is 300 g/mol. The van der Waals surface area contributed by atoms with Crippen molar-refractivity contribution in [2.24, 2.45) is 0 Å². The quantitative estimate of drug-likeness (QED) is 0.915. The molecule has 2 heterocycles. The van der Waals surface area contributed by atoms with Gasteiger partial charge in [0, 0.05) is 17.5 Å². The van der Waals surface area contributed by atoms with Gasteiger partial charge in [0.15, 0.2) is 0 Å². The van der Waals surface area contributed by atoms with Crippen molar-refractivity contribution >= 4 is 28.8 Å². The first-order valence-corrected chi connectivity index (χ1v) is 7.83. The first-order chi connectivity index (χ1) is 10.1. The second-order valence-electron chi connectivity index (χ2n) is 5.17. The van der Waals surface area contributed by atoms with Crippen molar-refractivity contribution in [2.45, 2.75) is 25.8 Å². The fraction of sp³-hybridized carbons (Fsp3) is 0.250. The van der Waals surface area contributed by atoms with Crippen LogP contribution < -0.4 is 10.6 Å². The Bertz CT molecular complexity index is 680. The number of carbonyl (C=O) groups is 2. The van der Waals surface area contributed by atoms with Gasteiger partial charge in [-0.15, -0.1) is 0 Å². The van der Waals surface area contributed by atoms with Crippen LogP contribution in [0.5, 0.6) is 0 Å². The molecule has 0 aliphatic carbocycles. The zero-order valence-corrected chi connectivity index (χ0v) is 12.5. The van der Waals surface area contributed by atoms with E-state index in [2.05, 4.69) is 16.7 Å². The monoisotopic (exact) mass is 300 g/mol. The van der Waals surface area contributed by atoms with Crippen molar-refractivity contribution in [3.8, 4) is 0 Å². The molecule has 3 rings (SSSR count). The largest absolute Gasteiger partial charge is 0.345 e. The molecule has 2 amide bonds. The minimum absolute atomic E-state index is 0.0604. The molecule has 0 fully saturated rings. The van der Waals surface area contributed by atoms with Gasteiger partial charge in [0.25, 0.3) is 5.91 Å². The molecular weight excluding hydrogens is 284 g/mol. The summed E-state index contributed by atoms with van der Waals surface area (Å²) in [5.41, 5.74) is 3.75. The molecule has 4 nitrogen and oxygen atoms in total. The molecule has 2 N–H and O–H groups in total. The van der Waals surface area contributed by atoms with Crippen LogP contribution in [0.25, 0.3) is 0 Å². The highest BCUT2D eigenvalue weighted by Crippen LogP contribution is 2.26. The molecule has 21 heavy (non-hydrogen) atoms. The molecule has 1 atom stereocenters. The number of hydrogen-bond donors (Lipinski definition) is 2. The zero-order chi connectivity index (χ0) is 14.8. The number of amides is 2. The smallest absolute Gasteiger partial charge is 0.252 e. The second kappa shape index (κ2) is 5.69. The van der Waals surface area contributed by atoms with Gasteiger partial charge in [-0.25, -0.2) is 0 Å². The minimum atomic E-state index is -0.0691. The molecule has 0 saturated heterocycles. The molecule has 1 aliphatic rings. The Kier molecular flexibility index (Phi) is 3.75. The predicted octanol–water partition coefficient (Wildman–Crippen LogP) is 3.12. The van der Waals surface area contributed by atoms with Crippen LogP contribution in [0.4, 0.5) is 5.69 Å². The fourth-order valence-electron chi connectivity index (χ4n) is 2.43. The maximum atomic E-state index is 12.1. The number of fused-ring (bicyclic) bond motifs is 1. The third-order valence-corrected chi connectivity index (χ3v) is 4.34.